The molecule has 0 amide bonds. The van der Waals surface area contributed by atoms with Crippen LogP contribution in [0.3, 0.4) is 0 Å². The molecule has 0 unspecified atom stereocenters. The lowest BCUT2D eigenvalue weighted by Crippen LogP contribution is -2.06. The summed E-state index contributed by atoms with van der Waals surface area (Å²) in [6.45, 7) is 6.07. The van der Waals surface area contributed by atoms with Crippen LogP contribution in [-0.2, 0) is 6.42 Å². The van der Waals surface area contributed by atoms with Gasteiger partial charge in [0, 0.05) is 0 Å². The number of aliphatic imine (C=N–C) groups is 1. The van der Waals surface area contributed by atoms with Gasteiger partial charge >= 0.3 is 0 Å². The maximum atomic E-state index is 5.43. The van der Waals surface area contributed by atoms with Gasteiger partial charge in [-0.15, -0.1) is 0 Å². The zero-order chi connectivity index (χ0) is 11.8. The summed E-state index contributed by atoms with van der Waals surface area (Å²) < 4.78 is 0. The van der Waals surface area contributed by atoms with Crippen LogP contribution in [0.5, 0.6) is 0 Å². The molecule has 2 heteroatoms. The molecule has 0 saturated heterocycles. The lowest BCUT2D eigenvalue weighted by atomic mass is 10.0. The average molecular weight is 214 g/mol. The molecule has 16 heavy (non-hydrogen) atoms. The van der Waals surface area contributed by atoms with Gasteiger partial charge in [-0.3, -0.25) is 4.99 Å². The predicted molar refractivity (Wildman–Crippen MR) is 70.6 cm³/mol. The molecule has 1 rings (SSSR count). The highest BCUT2D eigenvalue weighted by atomic mass is 14.9. The normalized spacial score (nSPS) is 12.6. The number of hydrogen-bond donors (Lipinski definition) is 1. The summed E-state index contributed by atoms with van der Waals surface area (Å²) in [7, 11) is 0. The minimum absolute atomic E-state index is 0.299. The van der Waals surface area contributed by atoms with E-state index in [-0.39, 0.29) is 0 Å². The van der Waals surface area contributed by atoms with Gasteiger partial charge in [-0.2, -0.15) is 0 Å². The summed E-state index contributed by atoms with van der Waals surface area (Å²) in [6, 6.07) is 10.3. The number of nitrogens with zero attached hydrogens (tertiary/aromatic N) is 1. The Labute approximate surface area is 97.2 Å². The van der Waals surface area contributed by atoms with Gasteiger partial charge in [-0.1, -0.05) is 43.0 Å². The number of nitrogens with two attached hydrogens (primary N) is 1. The lowest BCUT2D eigenvalue weighted by molar-refractivity contribution is 1.06. The van der Waals surface area contributed by atoms with Crippen LogP contribution in [-0.4, -0.2) is 12.4 Å². The Hall–Kier alpha value is -1.67. The van der Waals surface area contributed by atoms with Crippen LogP contribution in [0.15, 0.2) is 59.6 Å². The van der Waals surface area contributed by atoms with Crippen molar-refractivity contribution in [2.75, 3.05) is 6.67 Å². The fraction of sp³-hybridized carbons (Fsp3) is 0.214. The molecule has 0 aliphatic rings. The molecule has 0 spiro atoms. The molecule has 2 N–H and O–H groups in total. The van der Waals surface area contributed by atoms with E-state index >= 15 is 0 Å². The smallest absolute Gasteiger partial charge is 0.0866 e. The Kier molecular flexibility index (Phi) is 5.23. The highest BCUT2D eigenvalue weighted by molar-refractivity contribution is 6.08. The largest absolute Gasteiger partial charge is 0.312 e. The Morgan fingerprint density at radius 1 is 1.38 bits per heavy atom. The third-order valence-electron chi connectivity index (χ3n) is 2.37. The van der Waals surface area contributed by atoms with Crippen molar-refractivity contribution in [3.8, 4) is 0 Å². The predicted octanol–water partition coefficient (Wildman–Crippen LogP) is 2.72. The summed E-state index contributed by atoms with van der Waals surface area (Å²) in [5.74, 6) is 0. The van der Waals surface area contributed by atoms with Gasteiger partial charge in [0.15, 0.2) is 0 Å². The molecule has 0 heterocycles. The third kappa shape index (κ3) is 3.48. The van der Waals surface area contributed by atoms with E-state index in [0.29, 0.717) is 6.67 Å². The fourth-order valence-electron chi connectivity index (χ4n) is 1.55. The van der Waals surface area contributed by atoms with Crippen LogP contribution in [0.25, 0.3) is 0 Å². The molecule has 0 bridgehead atoms. The monoisotopic (exact) mass is 214 g/mol. The summed E-state index contributed by atoms with van der Waals surface area (Å²) in [4.78, 5) is 4.22. The molecule has 0 radical (unpaired) electrons. The van der Waals surface area contributed by atoms with E-state index in [2.05, 4.69) is 29.8 Å². The van der Waals surface area contributed by atoms with Crippen molar-refractivity contribution < 1.29 is 0 Å². The van der Waals surface area contributed by atoms with Gasteiger partial charge in [0.25, 0.3) is 0 Å². The molecule has 1 aromatic carbocycles. The van der Waals surface area contributed by atoms with E-state index in [9.17, 15) is 0 Å². The highest BCUT2D eigenvalue weighted by Gasteiger charge is 2.03. The van der Waals surface area contributed by atoms with Crippen LogP contribution < -0.4 is 5.73 Å². The van der Waals surface area contributed by atoms with Crippen LogP contribution in [0.4, 0.5) is 0 Å². The number of rotatable bonds is 5. The quantitative estimate of drug-likeness (QED) is 0.752. The third-order valence-corrected chi connectivity index (χ3v) is 2.37. The molecule has 0 aliphatic heterocycles. The molecular weight excluding hydrogens is 196 g/mol. The van der Waals surface area contributed by atoms with Crippen LogP contribution in [0, 0.1) is 0 Å². The summed E-state index contributed by atoms with van der Waals surface area (Å²) in [5, 5.41) is 0. The van der Waals surface area contributed by atoms with Crippen LogP contribution in [0.1, 0.15) is 12.5 Å². The zero-order valence-corrected chi connectivity index (χ0v) is 9.69. The average Bonchev–Trinajstić information content (AvgIpc) is 2.35. The molecule has 0 aliphatic carbocycles. The number of hydrogen-bond acceptors (Lipinski definition) is 2. The molecular formula is C14H18N2. The number of benzene rings is 1. The number of allylic oxidation sites excluding steroid dienone is 3. The standard InChI is InChI=1S/C14H18N2/c1-3-13(14(4-2)16-11-15)10-12-8-6-5-7-9-12/h3-9H,2,10-11,15H2,1H3/b13-3-,16-14-. The Balaban J connectivity index is 2.85. The van der Waals surface area contributed by atoms with Gasteiger partial charge in [-0.05, 0) is 30.6 Å². The first-order valence-electron chi connectivity index (χ1n) is 5.38. The molecule has 1 aromatic rings. The first-order valence-corrected chi connectivity index (χ1v) is 5.38. The van der Waals surface area contributed by atoms with E-state index in [4.69, 9.17) is 5.73 Å². The maximum absolute atomic E-state index is 5.43. The van der Waals surface area contributed by atoms with Crippen molar-refractivity contribution in [2.24, 2.45) is 10.7 Å². The van der Waals surface area contributed by atoms with Gasteiger partial charge in [-0.25, -0.2) is 0 Å². The minimum atomic E-state index is 0.299. The molecule has 0 aromatic heterocycles. The second-order valence-electron chi connectivity index (χ2n) is 3.41. The molecule has 2 nitrogen and oxygen atoms in total. The summed E-state index contributed by atoms with van der Waals surface area (Å²) in [5.41, 5.74) is 8.74. The van der Waals surface area contributed by atoms with E-state index in [0.717, 1.165) is 17.7 Å². The maximum Gasteiger partial charge on any atom is 0.0866 e. The fourth-order valence-corrected chi connectivity index (χ4v) is 1.55. The van der Waals surface area contributed by atoms with Crippen molar-refractivity contribution in [2.45, 2.75) is 13.3 Å². The van der Waals surface area contributed by atoms with Gasteiger partial charge in [0.1, 0.15) is 0 Å². The lowest BCUT2D eigenvalue weighted by Gasteiger charge is -2.07. The van der Waals surface area contributed by atoms with E-state index in [1.165, 1.54) is 5.56 Å². The van der Waals surface area contributed by atoms with E-state index in [1.54, 1.807) is 6.08 Å². The van der Waals surface area contributed by atoms with Crippen molar-refractivity contribution in [3.05, 3.63) is 60.2 Å². The minimum Gasteiger partial charge on any atom is -0.312 e. The van der Waals surface area contributed by atoms with Crippen molar-refractivity contribution in [1.82, 2.24) is 0 Å². The van der Waals surface area contributed by atoms with Crippen molar-refractivity contribution in [1.29, 1.82) is 0 Å². The molecule has 0 saturated carbocycles. The van der Waals surface area contributed by atoms with E-state index in [1.807, 2.05) is 25.1 Å². The van der Waals surface area contributed by atoms with Crippen molar-refractivity contribution >= 4 is 5.71 Å². The van der Waals surface area contributed by atoms with Gasteiger partial charge in [0.2, 0.25) is 0 Å². The zero-order valence-electron chi connectivity index (χ0n) is 9.69. The summed E-state index contributed by atoms with van der Waals surface area (Å²) in [6.07, 6.45) is 4.68. The topological polar surface area (TPSA) is 38.4 Å². The summed E-state index contributed by atoms with van der Waals surface area (Å²) >= 11 is 0. The van der Waals surface area contributed by atoms with Gasteiger partial charge in [0.05, 0.1) is 12.4 Å². The second-order valence-corrected chi connectivity index (χ2v) is 3.41. The van der Waals surface area contributed by atoms with Crippen molar-refractivity contribution in [3.63, 3.8) is 0 Å². The first-order chi connectivity index (χ1) is 7.81. The first kappa shape index (κ1) is 12.4. The van der Waals surface area contributed by atoms with E-state index < -0.39 is 0 Å². The Morgan fingerprint density at radius 2 is 2.06 bits per heavy atom. The molecule has 0 fully saturated rings. The van der Waals surface area contributed by atoms with Crippen LogP contribution in [0.2, 0.25) is 0 Å². The molecule has 0 atom stereocenters. The highest BCUT2D eigenvalue weighted by Crippen LogP contribution is 2.10. The molecule has 84 valence electrons. The SMILES string of the molecule is C=CC(=N/CN)/C(=C\C)Cc1ccccc1. The van der Waals surface area contributed by atoms with Crippen LogP contribution >= 0.6 is 0 Å². The Bertz CT molecular complexity index is 388. The second kappa shape index (κ2) is 6.75. The Morgan fingerprint density at radius 3 is 2.56 bits per heavy atom. The van der Waals surface area contributed by atoms with Gasteiger partial charge < -0.3 is 5.73 Å².